The maximum Gasteiger partial charge on any atom is 0.225 e. The number of hydrogen-bond donors (Lipinski definition) is 1. The van der Waals surface area contributed by atoms with Gasteiger partial charge in [0, 0.05) is 17.5 Å². The Kier molecular flexibility index (Phi) is 5.00. The molecule has 2 saturated heterocycles. The van der Waals surface area contributed by atoms with Gasteiger partial charge in [-0.2, -0.15) is 0 Å². The highest BCUT2D eigenvalue weighted by Gasteiger charge is 2.50. The molecule has 3 nitrogen and oxygen atoms in total. The van der Waals surface area contributed by atoms with Gasteiger partial charge in [0.1, 0.15) is 0 Å². The van der Waals surface area contributed by atoms with Crippen molar-refractivity contribution < 1.29 is 4.79 Å². The summed E-state index contributed by atoms with van der Waals surface area (Å²) in [4.78, 5) is 15.2. The molecule has 2 bridgehead atoms. The second-order valence-corrected chi connectivity index (χ2v) is 7.94. The van der Waals surface area contributed by atoms with Crippen LogP contribution in [0.5, 0.6) is 0 Å². The van der Waals surface area contributed by atoms with Crippen molar-refractivity contribution in [2.45, 2.75) is 62.4 Å². The van der Waals surface area contributed by atoms with E-state index in [0.29, 0.717) is 35.8 Å². The van der Waals surface area contributed by atoms with Gasteiger partial charge in [0.2, 0.25) is 5.91 Å². The number of halogens is 1. The van der Waals surface area contributed by atoms with E-state index in [0.717, 1.165) is 19.3 Å². The van der Waals surface area contributed by atoms with Crippen LogP contribution >= 0.6 is 11.6 Å². The Morgan fingerprint density at radius 2 is 2.00 bits per heavy atom. The maximum absolute atomic E-state index is 12.7. The Balaban J connectivity index is 1.77. The number of nitrogens with zero attached hydrogens (tertiary/aromatic N) is 1. The first kappa shape index (κ1) is 16.1. The van der Waals surface area contributed by atoms with E-state index in [9.17, 15) is 4.79 Å². The van der Waals surface area contributed by atoms with Gasteiger partial charge >= 0.3 is 0 Å². The van der Waals surface area contributed by atoms with E-state index in [4.69, 9.17) is 18.0 Å². The van der Waals surface area contributed by atoms with Crippen molar-refractivity contribution in [3.63, 3.8) is 0 Å². The fourth-order valence-electron chi connectivity index (χ4n) is 5.12. The van der Waals surface area contributed by atoms with Crippen molar-refractivity contribution in [3.8, 4) is 12.3 Å². The summed E-state index contributed by atoms with van der Waals surface area (Å²) >= 11 is 6.27. The van der Waals surface area contributed by atoms with Crippen LogP contribution in [-0.2, 0) is 4.79 Å². The van der Waals surface area contributed by atoms with Crippen molar-refractivity contribution in [2.75, 3.05) is 13.6 Å². The molecule has 3 rings (SSSR count). The lowest BCUT2D eigenvalue weighted by Gasteiger charge is -2.46. The molecule has 0 aromatic heterocycles. The number of piperidine rings is 1. The van der Waals surface area contributed by atoms with Crippen LogP contribution in [0.2, 0.25) is 0 Å². The van der Waals surface area contributed by atoms with Crippen LogP contribution in [-0.4, -0.2) is 41.9 Å². The molecule has 0 radical (unpaired) electrons. The Morgan fingerprint density at radius 3 is 2.68 bits per heavy atom. The van der Waals surface area contributed by atoms with Gasteiger partial charge in [-0.25, -0.2) is 0 Å². The third-order valence-electron chi connectivity index (χ3n) is 6.29. The number of nitrogens with one attached hydrogen (secondary N) is 1. The molecule has 0 aromatic rings. The summed E-state index contributed by atoms with van der Waals surface area (Å²) in [6.45, 7) is 0.344. The highest BCUT2D eigenvalue weighted by Crippen LogP contribution is 2.48. The maximum atomic E-state index is 12.7. The highest BCUT2D eigenvalue weighted by atomic mass is 35.5. The smallest absolute Gasteiger partial charge is 0.225 e. The monoisotopic (exact) mass is 322 g/mol. The molecule has 0 aromatic carbocycles. The minimum absolute atomic E-state index is 0.106. The fraction of sp³-hybridized carbons (Fsp3) is 0.833. The van der Waals surface area contributed by atoms with E-state index >= 15 is 0 Å². The molecule has 0 spiro atoms. The minimum Gasteiger partial charge on any atom is -0.345 e. The Hall–Kier alpha value is -0.720. The van der Waals surface area contributed by atoms with Crippen LogP contribution < -0.4 is 5.32 Å². The van der Waals surface area contributed by atoms with E-state index in [1.54, 1.807) is 0 Å². The molecule has 22 heavy (non-hydrogen) atoms. The lowest BCUT2D eigenvalue weighted by Crippen LogP contribution is -2.54. The number of carbonyl (C=O) groups is 1. The molecule has 2 heterocycles. The largest absolute Gasteiger partial charge is 0.345 e. The third kappa shape index (κ3) is 3.01. The van der Waals surface area contributed by atoms with Crippen LogP contribution in [0.4, 0.5) is 0 Å². The summed E-state index contributed by atoms with van der Waals surface area (Å²) in [5, 5.41) is 3.30. The topological polar surface area (TPSA) is 32.3 Å². The molecule has 1 N–H and O–H groups in total. The first-order chi connectivity index (χ1) is 10.6. The van der Waals surface area contributed by atoms with Crippen LogP contribution in [0.15, 0.2) is 0 Å². The average Bonchev–Trinajstić information content (AvgIpc) is 2.75. The third-order valence-corrected chi connectivity index (χ3v) is 6.73. The number of amides is 1. The van der Waals surface area contributed by atoms with E-state index < -0.39 is 0 Å². The Bertz CT molecular complexity index is 452. The van der Waals surface area contributed by atoms with Crippen molar-refractivity contribution in [1.82, 2.24) is 10.2 Å². The van der Waals surface area contributed by atoms with Crippen molar-refractivity contribution in [2.24, 2.45) is 17.8 Å². The zero-order valence-corrected chi connectivity index (χ0v) is 14.2. The van der Waals surface area contributed by atoms with E-state index in [1.807, 2.05) is 0 Å². The second kappa shape index (κ2) is 6.81. The van der Waals surface area contributed by atoms with Gasteiger partial charge in [0.05, 0.1) is 12.5 Å². The Labute approximate surface area is 139 Å². The summed E-state index contributed by atoms with van der Waals surface area (Å²) in [6.07, 6.45) is 13.4. The average molecular weight is 323 g/mol. The van der Waals surface area contributed by atoms with Crippen LogP contribution in [0.1, 0.15) is 44.9 Å². The summed E-state index contributed by atoms with van der Waals surface area (Å²) in [5.41, 5.74) is 0. The lowest BCUT2D eigenvalue weighted by atomic mass is 9.68. The second-order valence-electron chi connectivity index (χ2n) is 7.32. The summed E-state index contributed by atoms with van der Waals surface area (Å²) < 4.78 is 0. The predicted molar refractivity (Wildman–Crippen MR) is 89.6 cm³/mol. The zero-order valence-electron chi connectivity index (χ0n) is 13.4. The van der Waals surface area contributed by atoms with Gasteiger partial charge in [-0.3, -0.25) is 9.69 Å². The Morgan fingerprint density at radius 1 is 1.27 bits per heavy atom. The predicted octanol–water partition coefficient (Wildman–Crippen LogP) is 2.63. The number of terminal acetylenes is 1. The van der Waals surface area contributed by atoms with Gasteiger partial charge in [0.15, 0.2) is 0 Å². The molecule has 2 aliphatic heterocycles. The first-order valence-electron chi connectivity index (χ1n) is 8.69. The molecule has 1 amide bonds. The molecule has 1 aliphatic carbocycles. The standard InChI is InChI=1S/C18H27ClN2O/c1-3-10-20-18(22)17-15(12-4-6-13(19)7-5-12)11-14-8-9-16(17)21(14)2/h1,12-17H,4-11H2,2H3,(H,20,22)/t12?,13?,14-,15-,16?,17?/m1/s1. The molecule has 2 unspecified atom stereocenters. The molecule has 4 atom stereocenters. The summed E-state index contributed by atoms with van der Waals surface area (Å²) in [5.74, 6) is 3.98. The number of fused-ring (bicyclic) bond motifs is 2. The van der Waals surface area contributed by atoms with Gasteiger partial charge in [-0.1, -0.05) is 5.92 Å². The molecule has 3 fully saturated rings. The van der Waals surface area contributed by atoms with Crippen LogP contribution in [0.3, 0.4) is 0 Å². The number of alkyl halides is 1. The highest BCUT2D eigenvalue weighted by molar-refractivity contribution is 6.20. The van der Waals surface area contributed by atoms with Gasteiger partial charge in [0.25, 0.3) is 0 Å². The first-order valence-corrected chi connectivity index (χ1v) is 9.12. The molecule has 3 aliphatic rings. The number of hydrogen-bond acceptors (Lipinski definition) is 2. The van der Waals surface area contributed by atoms with E-state index in [-0.39, 0.29) is 11.8 Å². The number of carbonyl (C=O) groups excluding carboxylic acids is 1. The zero-order chi connectivity index (χ0) is 15.7. The van der Waals surface area contributed by atoms with Crippen LogP contribution in [0, 0.1) is 30.1 Å². The minimum atomic E-state index is 0.106. The SMILES string of the molecule is C#CCNC(=O)C1C2CC[C@H](C[C@@H]1C1CCC(Cl)CC1)N2C. The fourth-order valence-corrected chi connectivity index (χ4v) is 5.37. The lowest BCUT2D eigenvalue weighted by molar-refractivity contribution is -0.132. The summed E-state index contributed by atoms with van der Waals surface area (Å²) in [6, 6.07) is 1.07. The molecule has 1 saturated carbocycles. The normalized spacial score (nSPS) is 41.9. The molecular formula is C18H27ClN2O. The molecule has 4 heteroatoms. The van der Waals surface area contributed by atoms with E-state index in [2.05, 4.69) is 23.2 Å². The van der Waals surface area contributed by atoms with Gasteiger partial charge in [-0.05, 0) is 63.8 Å². The van der Waals surface area contributed by atoms with E-state index in [1.165, 1.54) is 25.7 Å². The molecular weight excluding hydrogens is 296 g/mol. The van der Waals surface area contributed by atoms with Crippen molar-refractivity contribution in [3.05, 3.63) is 0 Å². The molecule has 122 valence electrons. The summed E-state index contributed by atoms with van der Waals surface area (Å²) in [7, 11) is 2.19. The number of rotatable bonds is 3. The van der Waals surface area contributed by atoms with Crippen molar-refractivity contribution in [1.29, 1.82) is 0 Å². The van der Waals surface area contributed by atoms with Gasteiger partial charge < -0.3 is 5.32 Å². The van der Waals surface area contributed by atoms with Crippen LogP contribution in [0.25, 0.3) is 0 Å². The quantitative estimate of drug-likeness (QED) is 0.640. The van der Waals surface area contributed by atoms with Gasteiger partial charge in [-0.15, -0.1) is 18.0 Å². The van der Waals surface area contributed by atoms with Crippen molar-refractivity contribution >= 4 is 17.5 Å².